The minimum atomic E-state index is -0.508. The molecule has 1 heterocycles. The van der Waals surface area contributed by atoms with E-state index in [-0.39, 0.29) is 23.5 Å². The zero-order valence-corrected chi connectivity index (χ0v) is 19.1. The van der Waals surface area contributed by atoms with Crippen molar-refractivity contribution in [2.45, 2.75) is 33.2 Å². The second kappa shape index (κ2) is 10.8. The predicted octanol–water partition coefficient (Wildman–Crippen LogP) is 5.88. The summed E-state index contributed by atoms with van der Waals surface area (Å²) in [5, 5.41) is 5.11. The van der Waals surface area contributed by atoms with Gasteiger partial charge in [0.2, 0.25) is 11.8 Å². The molecule has 1 atom stereocenters. The minimum absolute atomic E-state index is 0.0893. The fraction of sp³-hybridized carbons (Fsp3) is 0.240. The average Bonchev–Trinajstić information content (AvgIpc) is 3.22. The third kappa shape index (κ3) is 6.11. The number of rotatable bonds is 8. The van der Waals surface area contributed by atoms with Crippen LogP contribution in [-0.2, 0) is 9.59 Å². The summed E-state index contributed by atoms with van der Waals surface area (Å²) in [4.78, 5) is 30.3. The van der Waals surface area contributed by atoms with Gasteiger partial charge in [-0.2, -0.15) is 0 Å². The van der Waals surface area contributed by atoms with Crippen LogP contribution in [0.1, 0.15) is 44.5 Å². The molecule has 32 heavy (non-hydrogen) atoms. The zero-order chi connectivity index (χ0) is 23.1. The van der Waals surface area contributed by atoms with E-state index in [1.165, 1.54) is 41.4 Å². The lowest BCUT2D eigenvalue weighted by Crippen LogP contribution is -2.27. The number of anilines is 2. The molecule has 7 heteroatoms. The molecule has 2 amide bonds. The molecule has 0 spiro atoms. The van der Waals surface area contributed by atoms with Crippen molar-refractivity contribution in [1.82, 2.24) is 10.3 Å². The molecule has 0 aliphatic carbocycles. The van der Waals surface area contributed by atoms with Crippen molar-refractivity contribution < 1.29 is 14.0 Å². The first-order chi connectivity index (χ1) is 15.3. The molecule has 166 valence electrons. The number of hydrogen-bond donors (Lipinski definition) is 1. The number of nitrogens with one attached hydrogen (secondary N) is 1. The Morgan fingerprint density at radius 3 is 2.47 bits per heavy atom. The summed E-state index contributed by atoms with van der Waals surface area (Å²) in [6, 6.07) is 15.8. The first-order valence-electron chi connectivity index (χ1n) is 10.4. The largest absolute Gasteiger partial charge is 0.346 e. The van der Waals surface area contributed by atoms with Crippen molar-refractivity contribution in [3.63, 3.8) is 0 Å². The van der Waals surface area contributed by atoms with Crippen molar-refractivity contribution in [3.8, 4) is 0 Å². The monoisotopic (exact) mass is 451 g/mol. The Labute approximate surface area is 191 Å². The molecule has 0 saturated carbocycles. The number of nitrogens with zero attached hydrogens (tertiary/aromatic N) is 2. The van der Waals surface area contributed by atoms with Crippen molar-refractivity contribution in [2.24, 2.45) is 5.92 Å². The van der Waals surface area contributed by atoms with E-state index in [2.05, 4.69) is 24.1 Å². The molecule has 3 rings (SSSR count). The van der Waals surface area contributed by atoms with Crippen LogP contribution >= 0.6 is 11.3 Å². The molecule has 0 aliphatic rings. The summed E-state index contributed by atoms with van der Waals surface area (Å²) in [5.41, 5.74) is 1.71. The standard InChI is InChI=1S/C25H26FN3O2S/c1-17(2)15-22(19-9-5-4-6-10-19)28-24(31)14-13-20-16-32-25(27-20)29(18(3)30)23-12-8-7-11-21(23)26/h4-14,16-17,22H,15H2,1-3H3,(H,28,31)/b14-13+. The summed E-state index contributed by atoms with van der Waals surface area (Å²) >= 11 is 1.20. The number of aromatic nitrogens is 1. The van der Waals surface area contributed by atoms with Crippen molar-refractivity contribution in [1.29, 1.82) is 0 Å². The van der Waals surface area contributed by atoms with Crippen LogP contribution in [0, 0.1) is 11.7 Å². The lowest BCUT2D eigenvalue weighted by atomic mass is 9.97. The first kappa shape index (κ1) is 23.3. The number of amides is 2. The van der Waals surface area contributed by atoms with Gasteiger partial charge in [-0.25, -0.2) is 9.37 Å². The lowest BCUT2D eigenvalue weighted by Gasteiger charge is -2.20. The van der Waals surface area contributed by atoms with Gasteiger partial charge in [0.05, 0.1) is 17.4 Å². The second-order valence-corrected chi connectivity index (χ2v) is 8.63. The van der Waals surface area contributed by atoms with Crippen LogP contribution in [0.4, 0.5) is 15.2 Å². The number of carbonyl (C=O) groups excluding carboxylic acids is 2. The van der Waals surface area contributed by atoms with Gasteiger partial charge in [-0.15, -0.1) is 11.3 Å². The molecule has 1 N–H and O–H groups in total. The molecule has 0 radical (unpaired) electrons. The molecular formula is C25H26FN3O2S. The number of halogens is 1. The van der Waals surface area contributed by atoms with Gasteiger partial charge >= 0.3 is 0 Å². The van der Waals surface area contributed by atoms with Gasteiger partial charge in [-0.05, 0) is 36.1 Å². The number of para-hydroxylation sites is 1. The summed E-state index contributed by atoms with van der Waals surface area (Å²) < 4.78 is 14.2. The highest BCUT2D eigenvalue weighted by atomic mass is 32.1. The van der Waals surface area contributed by atoms with Crippen molar-refractivity contribution in [3.05, 3.63) is 83.1 Å². The maximum absolute atomic E-state index is 14.2. The van der Waals surface area contributed by atoms with E-state index in [1.807, 2.05) is 30.3 Å². The van der Waals surface area contributed by atoms with E-state index in [4.69, 9.17) is 0 Å². The van der Waals surface area contributed by atoms with E-state index in [0.29, 0.717) is 16.7 Å². The molecule has 0 saturated heterocycles. The summed E-state index contributed by atoms with van der Waals surface area (Å²) in [5.74, 6) is -0.670. The van der Waals surface area contributed by atoms with Gasteiger partial charge in [0.1, 0.15) is 5.82 Å². The number of benzene rings is 2. The normalized spacial score (nSPS) is 12.2. The van der Waals surface area contributed by atoms with Gasteiger partial charge in [-0.3, -0.25) is 14.5 Å². The Balaban J connectivity index is 1.73. The number of carbonyl (C=O) groups is 2. The zero-order valence-electron chi connectivity index (χ0n) is 18.3. The summed E-state index contributed by atoms with van der Waals surface area (Å²) in [7, 11) is 0. The highest BCUT2D eigenvalue weighted by Crippen LogP contribution is 2.31. The SMILES string of the molecule is CC(=O)N(c1nc(/C=C/C(=O)NC(CC(C)C)c2ccccc2)cs1)c1ccccc1F. The molecular weight excluding hydrogens is 425 g/mol. The molecule has 0 bridgehead atoms. The summed E-state index contributed by atoms with van der Waals surface area (Å²) in [6.45, 7) is 5.59. The highest BCUT2D eigenvalue weighted by molar-refractivity contribution is 7.14. The quantitative estimate of drug-likeness (QED) is 0.435. The van der Waals surface area contributed by atoms with E-state index < -0.39 is 5.82 Å². The predicted molar refractivity (Wildman–Crippen MR) is 127 cm³/mol. The van der Waals surface area contributed by atoms with Gasteiger partial charge in [-0.1, -0.05) is 56.3 Å². The smallest absolute Gasteiger partial charge is 0.244 e. The fourth-order valence-corrected chi connectivity index (χ4v) is 4.16. The number of thiazole rings is 1. The molecule has 5 nitrogen and oxygen atoms in total. The first-order valence-corrected chi connectivity index (χ1v) is 11.3. The van der Waals surface area contributed by atoms with Gasteiger partial charge < -0.3 is 5.32 Å². The van der Waals surface area contributed by atoms with Crippen LogP contribution in [0.15, 0.2) is 66.1 Å². The van der Waals surface area contributed by atoms with Gasteiger partial charge in [0, 0.05) is 18.4 Å². The van der Waals surface area contributed by atoms with Crippen LogP contribution in [0.3, 0.4) is 0 Å². The summed E-state index contributed by atoms with van der Waals surface area (Å²) in [6.07, 6.45) is 3.84. The van der Waals surface area contributed by atoms with Crippen molar-refractivity contribution >= 4 is 40.0 Å². The van der Waals surface area contributed by atoms with E-state index >= 15 is 0 Å². The maximum atomic E-state index is 14.2. The van der Waals surface area contributed by atoms with Crippen LogP contribution in [0.25, 0.3) is 6.08 Å². The fourth-order valence-electron chi connectivity index (χ4n) is 3.31. The Morgan fingerprint density at radius 1 is 1.12 bits per heavy atom. The number of hydrogen-bond acceptors (Lipinski definition) is 4. The van der Waals surface area contributed by atoms with E-state index in [1.54, 1.807) is 23.6 Å². The Morgan fingerprint density at radius 2 is 1.81 bits per heavy atom. The van der Waals surface area contributed by atoms with Crippen LogP contribution in [0.5, 0.6) is 0 Å². The Bertz CT molecular complexity index is 1100. The van der Waals surface area contributed by atoms with E-state index in [9.17, 15) is 14.0 Å². The molecule has 0 fully saturated rings. The Kier molecular flexibility index (Phi) is 7.89. The molecule has 3 aromatic rings. The van der Waals surface area contributed by atoms with E-state index in [0.717, 1.165) is 12.0 Å². The molecule has 0 aliphatic heterocycles. The molecule has 1 unspecified atom stereocenters. The topological polar surface area (TPSA) is 62.3 Å². The van der Waals surface area contributed by atoms with Crippen LogP contribution in [-0.4, -0.2) is 16.8 Å². The van der Waals surface area contributed by atoms with Crippen LogP contribution in [0.2, 0.25) is 0 Å². The average molecular weight is 452 g/mol. The maximum Gasteiger partial charge on any atom is 0.244 e. The Hall–Kier alpha value is -3.32. The van der Waals surface area contributed by atoms with Gasteiger partial charge in [0.15, 0.2) is 5.13 Å². The lowest BCUT2D eigenvalue weighted by molar-refractivity contribution is -0.117. The van der Waals surface area contributed by atoms with Crippen molar-refractivity contribution in [2.75, 3.05) is 4.90 Å². The third-order valence-corrected chi connectivity index (χ3v) is 5.58. The third-order valence-electron chi connectivity index (χ3n) is 4.74. The minimum Gasteiger partial charge on any atom is -0.346 e. The molecule has 1 aromatic heterocycles. The second-order valence-electron chi connectivity index (χ2n) is 7.80. The van der Waals surface area contributed by atoms with Crippen LogP contribution < -0.4 is 10.2 Å². The highest BCUT2D eigenvalue weighted by Gasteiger charge is 2.20. The molecule has 2 aromatic carbocycles. The van der Waals surface area contributed by atoms with Gasteiger partial charge in [0.25, 0.3) is 0 Å².